The second-order valence-electron chi connectivity index (χ2n) is 5.87. The third-order valence-electron chi connectivity index (χ3n) is 4.18. The number of hydrogen-bond donors (Lipinski definition) is 0. The zero-order valence-corrected chi connectivity index (χ0v) is 14.6. The van der Waals surface area contributed by atoms with Gasteiger partial charge in [-0.3, -0.25) is 4.79 Å². The van der Waals surface area contributed by atoms with E-state index in [1.165, 1.54) is 17.3 Å². The van der Waals surface area contributed by atoms with Gasteiger partial charge >= 0.3 is 0 Å². The lowest BCUT2D eigenvalue weighted by atomic mass is 10.1. The van der Waals surface area contributed by atoms with Crippen LogP contribution < -0.4 is 0 Å². The van der Waals surface area contributed by atoms with Crippen LogP contribution in [0.5, 0.6) is 0 Å². The Morgan fingerprint density at radius 2 is 2.04 bits per heavy atom. The van der Waals surface area contributed by atoms with Gasteiger partial charge in [-0.1, -0.05) is 49.0 Å². The van der Waals surface area contributed by atoms with Crippen molar-refractivity contribution in [1.82, 2.24) is 4.90 Å². The van der Waals surface area contributed by atoms with E-state index in [1.807, 2.05) is 23.1 Å². The Kier molecular flexibility index (Phi) is 4.77. The molecule has 2 saturated heterocycles. The summed E-state index contributed by atoms with van der Waals surface area (Å²) in [6, 6.07) is 10.0. The van der Waals surface area contributed by atoms with Crippen molar-refractivity contribution < 1.29 is 13.2 Å². The topological polar surface area (TPSA) is 66.8 Å². The lowest BCUT2D eigenvalue weighted by Gasteiger charge is -2.24. The van der Waals surface area contributed by atoms with Gasteiger partial charge in [-0.15, -0.1) is 0 Å². The van der Waals surface area contributed by atoms with E-state index < -0.39 is 9.84 Å². The number of aliphatic imine (C=N–C) groups is 1. The third kappa shape index (κ3) is 3.77. The summed E-state index contributed by atoms with van der Waals surface area (Å²) in [4.78, 5) is 17.9. The molecule has 0 spiro atoms. The maximum absolute atomic E-state index is 11.9. The average molecular weight is 352 g/mol. The maximum atomic E-state index is 11.9. The Hall–Kier alpha value is -1.34. The van der Waals surface area contributed by atoms with E-state index in [4.69, 9.17) is 0 Å². The van der Waals surface area contributed by atoms with Gasteiger partial charge in [0.25, 0.3) is 0 Å². The van der Waals surface area contributed by atoms with Crippen molar-refractivity contribution in [3.63, 3.8) is 0 Å². The molecule has 0 saturated carbocycles. The smallest absolute Gasteiger partial charge is 0.247 e. The molecule has 0 radical (unpaired) electrons. The fraction of sp³-hybridized carbons (Fsp3) is 0.500. The van der Waals surface area contributed by atoms with E-state index in [0.717, 1.165) is 6.42 Å². The maximum Gasteiger partial charge on any atom is 0.247 e. The second-order valence-corrected chi connectivity index (χ2v) is 9.23. The molecule has 1 aromatic carbocycles. The molecule has 1 amide bonds. The van der Waals surface area contributed by atoms with Crippen LogP contribution in [0, 0.1) is 0 Å². The Morgan fingerprint density at radius 1 is 1.30 bits per heavy atom. The number of nitrogens with zero attached hydrogens (tertiary/aromatic N) is 2. The molecule has 23 heavy (non-hydrogen) atoms. The van der Waals surface area contributed by atoms with E-state index in [1.54, 1.807) is 6.92 Å². The standard InChI is InChI=1S/C16H20N2O3S2/c1-2-15(19)17-16-18(9-8-12-6-4-3-5-7-12)13-10-23(20,21)11-14(13)22-16/h3-7,13-14H,2,8-11H2,1H3/t13-,14-/m0/s1. The predicted octanol–water partition coefficient (Wildman–Crippen LogP) is 1.74. The van der Waals surface area contributed by atoms with Crippen LogP contribution in [0.1, 0.15) is 18.9 Å². The van der Waals surface area contributed by atoms with E-state index in [2.05, 4.69) is 17.1 Å². The van der Waals surface area contributed by atoms with Crippen LogP contribution in [-0.2, 0) is 21.1 Å². The molecular weight excluding hydrogens is 332 g/mol. The number of amides is 1. The SMILES string of the molecule is CCC(=O)N=C1S[C@H]2CS(=O)(=O)C[C@@H]2N1CCc1ccccc1. The van der Waals surface area contributed by atoms with Gasteiger partial charge in [-0.25, -0.2) is 8.42 Å². The molecule has 124 valence electrons. The highest BCUT2D eigenvalue weighted by molar-refractivity contribution is 8.15. The minimum atomic E-state index is -2.98. The first-order valence-corrected chi connectivity index (χ1v) is 10.5. The Labute approximate surface area is 141 Å². The fourth-order valence-corrected chi connectivity index (χ4v) is 6.97. The summed E-state index contributed by atoms with van der Waals surface area (Å²) in [5.74, 6) is 0.197. The first-order chi connectivity index (χ1) is 11.0. The molecule has 0 aliphatic carbocycles. The van der Waals surface area contributed by atoms with Crippen LogP contribution in [0.3, 0.4) is 0 Å². The zero-order valence-electron chi connectivity index (χ0n) is 13.0. The number of sulfone groups is 1. The molecule has 0 N–H and O–H groups in total. The monoisotopic (exact) mass is 352 g/mol. The van der Waals surface area contributed by atoms with Gasteiger partial charge in [-0.2, -0.15) is 4.99 Å². The second kappa shape index (κ2) is 6.65. The summed E-state index contributed by atoms with van der Waals surface area (Å²) < 4.78 is 23.8. The molecular formula is C16H20N2O3S2. The molecule has 0 bridgehead atoms. The Balaban J connectivity index is 1.79. The number of rotatable bonds is 4. The van der Waals surface area contributed by atoms with Gasteiger partial charge in [0.2, 0.25) is 5.91 Å². The number of benzene rings is 1. The van der Waals surface area contributed by atoms with E-state index >= 15 is 0 Å². The van der Waals surface area contributed by atoms with E-state index in [-0.39, 0.29) is 28.7 Å². The number of amidine groups is 1. The number of hydrogen-bond acceptors (Lipinski definition) is 4. The highest BCUT2D eigenvalue weighted by Gasteiger charge is 2.48. The zero-order chi connectivity index (χ0) is 16.4. The van der Waals surface area contributed by atoms with Crippen molar-refractivity contribution in [2.75, 3.05) is 18.1 Å². The molecule has 2 aliphatic rings. The molecule has 5 nitrogen and oxygen atoms in total. The third-order valence-corrected chi connectivity index (χ3v) is 7.43. The van der Waals surface area contributed by atoms with Crippen molar-refractivity contribution in [2.24, 2.45) is 4.99 Å². The van der Waals surface area contributed by atoms with Crippen LogP contribution in [-0.4, -0.2) is 53.7 Å². The molecule has 2 atom stereocenters. The minimum absolute atomic E-state index is 0.000760. The largest absolute Gasteiger partial charge is 0.346 e. The first kappa shape index (κ1) is 16.5. The van der Waals surface area contributed by atoms with Gasteiger partial charge in [0.1, 0.15) is 0 Å². The summed E-state index contributed by atoms with van der Waals surface area (Å²) in [6.45, 7) is 2.47. The van der Waals surface area contributed by atoms with Crippen molar-refractivity contribution in [2.45, 2.75) is 31.1 Å². The number of thioether (sulfide) groups is 1. The fourth-order valence-electron chi connectivity index (χ4n) is 2.98. The molecule has 0 aromatic heterocycles. The van der Waals surface area contributed by atoms with Gasteiger partial charge in [0.05, 0.1) is 17.5 Å². The quantitative estimate of drug-likeness (QED) is 0.826. The normalized spacial score (nSPS) is 27.3. The van der Waals surface area contributed by atoms with Crippen LogP contribution in [0.2, 0.25) is 0 Å². The number of fused-ring (bicyclic) bond motifs is 1. The van der Waals surface area contributed by atoms with Crippen molar-refractivity contribution in [3.8, 4) is 0 Å². The Bertz CT molecular complexity index is 716. The Morgan fingerprint density at radius 3 is 2.74 bits per heavy atom. The number of carbonyl (C=O) groups excluding carboxylic acids is 1. The van der Waals surface area contributed by atoms with E-state index in [9.17, 15) is 13.2 Å². The predicted molar refractivity (Wildman–Crippen MR) is 93.4 cm³/mol. The molecule has 3 rings (SSSR count). The molecule has 2 heterocycles. The van der Waals surface area contributed by atoms with Crippen molar-refractivity contribution in [1.29, 1.82) is 0 Å². The first-order valence-electron chi connectivity index (χ1n) is 7.77. The van der Waals surface area contributed by atoms with Crippen LogP contribution in [0.15, 0.2) is 35.3 Å². The van der Waals surface area contributed by atoms with Gasteiger partial charge in [0, 0.05) is 18.2 Å². The van der Waals surface area contributed by atoms with Crippen molar-refractivity contribution >= 4 is 32.7 Å². The van der Waals surface area contributed by atoms with Gasteiger partial charge < -0.3 is 4.90 Å². The summed E-state index contributed by atoms with van der Waals surface area (Å²) >= 11 is 1.45. The van der Waals surface area contributed by atoms with Crippen LogP contribution in [0.4, 0.5) is 0 Å². The summed E-state index contributed by atoms with van der Waals surface area (Å²) in [7, 11) is -2.98. The van der Waals surface area contributed by atoms with Crippen LogP contribution in [0.25, 0.3) is 0 Å². The minimum Gasteiger partial charge on any atom is -0.346 e. The van der Waals surface area contributed by atoms with Crippen LogP contribution >= 0.6 is 11.8 Å². The summed E-state index contributed by atoms with van der Waals surface area (Å²) in [5.41, 5.74) is 1.20. The van der Waals surface area contributed by atoms with Gasteiger partial charge in [0.15, 0.2) is 15.0 Å². The number of carbonyl (C=O) groups is 1. The highest BCUT2D eigenvalue weighted by Crippen LogP contribution is 2.38. The molecule has 2 fully saturated rings. The molecule has 0 unspecified atom stereocenters. The highest BCUT2D eigenvalue weighted by atomic mass is 32.2. The van der Waals surface area contributed by atoms with E-state index in [0.29, 0.717) is 18.1 Å². The molecule has 1 aromatic rings. The molecule has 2 aliphatic heterocycles. The molecule has 7 heteroatoms. The average Bonchev–Trinajstić information content (AvgIpc) is 2.97. The summed E-state index contributed by atoms with van der Waals surface area (Å²) in [6.07, 6.45) is 1.17. The lowest BCUT2D eigenvalue weighted by Crippen LogP contribution is -2.39. The van der Waals surface area contributed by atoms with Gasteiger partial charge in [-0.05, 0) is 12.0 Å². The van der Waals surface area contributed by atoms with Crippen molar-refractivity contribution in [3.05, 3.63) is 35.9 Å². The summed E-state index contributed by atoms with van der Waals surface area (Å²) in [5, 5.41) is 0.692. The lowest BCUT2D eigenvalue weighted by molar-refractivity contribution is -0.117.